The van der Waals surface area contributed by atoms with E-state index in [-0.39, 0.29) is 23.4 Å². The Morgan fingerprint density at radius 3 is 2.75 bits per heavy atom. The van der Waals surface area contributed by atoms with Gasteiger partial charge in [-0.3, -0.25) is 4.79 Å². The molecule has 90 valence electrons. The topological polar surface area (TPSA) is 46.5 Å². The lowest BCUT2D eigenvalue weighted by molar-refractivity contribution is -0.151. The summed E-state index contributed by atoms with van der Waals surface area (Å²) in [4.78, 5) is 11.8. The monoisotopic (exact) mass is 224 g/mol. The highest BCUT2D eigenvalue weighted by atomic mass is 16.5. The molecule has 4 unspecified atom stereocenters. The minimum absolute atomic E-state index is 0.0154. The van der Waals surface area contributed by atoms with E-state index in [1.54, 1.807) is 0 Å². The zero-order chi connectivity index (χ0) is 11.6. The van der Waals surface area contributed by atoms with E-state index < -0.39 is 5.60 Å². The first-order chi connectivity index (χ1) is 7.40. The summed E-state index contributed by atoms with van der Waals surface area (Å²) in [5.74, 6) is 0.603. The minimum Gasteiger partial charge on any atom is -0.462 e. The molecule has 16 heavy (non-hydrogen) atoms. The number of hydrogen-bond acceptors (Lipinski definition) is 3. The lowest BCUT2D eigenvalue weighted by Gasteiger charge is -2.52. The SMILES string of the molecule is CC(C)(O)C12CC3CC(C1)OC(=O)C(C3)C2. The van der Waals surface area contributed by atoms with Crippen LogP contribution in [0.4, 0.5) is 0 Å². The highest BCUT2D eigenvalue weighted by Gasteiger charge is 2.57. The molecule has 2 saturated heterocycles. The third-order valence-corrected chi connectivity index (χ3v) is 5.06. The molecule has 4 bridgehead atoms. The molecule has 0 amide bonds. The van der Waals surface area contributed by atoms with E-state index in [1.165, 1.54) is 0 Å². The number of carbonyl (C=O) groups excluding carboxylic acids is 1. The molecule has 0 radical (unpaired) electrons. The fourth-order valence-corrected chi connectivity index (χ4v) is 4.19. The van der Waals surface area contributed by atoms with Gasteiger partial charge in [0, 0.05) is 5.41 Å². The van der Waals surface area contributed by atoms with Crippen molar-refractivity contribution in [3.63, 3.8) is 0 Å². The van der Waals surface area contributed by atoms with E-state index in [0.717, 1.165) is 32.1 Å². The Kier molecular flexibility index (Phi) is 1.99. The van der Waals surface area contributed by atoms with Gasteiger partial charge >= 0.3 is 5.97 Å². The van der Waals surface area contributed by atoms with E-state index in [0.29, 0.717) is 5.92 Å². The van der Waals surface area contributed by atoms with Crippen LogP contribution < -0.4 is 0 Å². The summed E-state index contributed by atoms with van der Waals surface area (Å²) in [6.07, 6.45) is 4.80. The Balaban J connectivity index is 2.02. The van der Waals surface area contributed by atoms with Crippen LogP contribution in [0.2, 0.25) is 0 Å². The molecule has 2 heterocycles. The Morgan fingerprint density at radius 1 is 1.31 bits per heavy atom. The van der Waals surface area contributed by atoms with Crippen molar-refractivity contribution in [2.24, 2.45) is 17.3 Å². The summed E-state index contributed by atoms with van der Waals surface area (Å²) in [6.45, 7) is 3.79. The Hall–Kier alpha value is -0.570. The molecular formula is C13H20O3. The van der Waals surface area contributed by atoms with Crippen LogP contribution in [-0.4, -0.2) is 22.8 Å². The molecular weight excluding hydrogens is 204 g/mol. The number of fused-ring (bicyclic) bond motifs is 1. The van der Waals surface area contributed by atoms with Gasteiger partial charge in [0.1, 0.15) is 6.10 Å². The van der Waals surface area contributed by atoms with Gasteiger partial charge in [-0.1, -0.05) is 0 Å². The molecule has 4 atom stereocenters. The van der Waals surface area contributed by atoms with Crippen molar-refractivity contribution in [1.82, 2.24) is 0 Å². The summed E-state index contributed by atoms with van der Waals surface area (Å²) < 4.78 is 5.51. The molecule has 4 aliphatic rings. The molecule has 1 N–H and O–H groups in total. The lowest BCUT2D eigenvalue weighted by atomic mass is 9.53. The van der Waals surface area contributed by atoms with Gasteiger partial charge in [-0.05, 0) is 51.9 Å². The van der Waals surface area contributed by atoms with Gasteiger partial charge in [-0.25, -0.2) is 0 Å². The number of esters is 1. The van der Waals surface area contributed by atoms with Crippen LogP contribution in [0.15, 0.2) is 0 Å². The van der Waals surface area contributed by atoms with Crippen LogP contribution in [-0.2, 0) is 9.53 Å². The van der Waals surface area contributed by atoms with Crippen LogP contribution >= 0.6 is 0 Å². The van der Waals surface area contributed by atoms with Crippen molar-refractivity contribution in [3.05, 3.63) is 0 Å². The summed E-state index contributed by atoms with van der Waals surface area (Å²) in [6, 6.07) is 0. The first kappa shape index (κ1) is 10.6. The summed E-state index contributed by atoms with van der Waals surface area (Å²) >= 11 is 0. The zero-order valence-electron chi connectivity index (χ0n) is 10.0. The number of carbonyl (C=O) groups is 1. The molecule has 2 saturated carbocycles. The van der Waals surface area contributed by atoms with E-state index in [9.17, 15) is 9.90 Å². The van der Waals surface area contributed by atoms with Crippen LogP contribution in [0.5, 0.6) is 0 Å². The molecule has 0 aromatic rings. The number of aliphatic hydroxyl groups is 1. The molecule has 0 aromatic carbocycles. The third-order valence-electron chi connectivity index (χ3n) is 5.06. The van der Waals surface area contributed by atoms with Crippen molar-refractivity contribution in [2.75, 3.05) is 0 Å². The average molecular weight is 224 g/mol. The second-order valence-corrected chi connectivity index (χ2v) is 6.54. The second-order valence-electron chi connectivity index (χ2n) is 6.54. The Morgan fingerprint density at radius 2 is 2.06 bits per heavy atom. The van der Waals surface area contributed by atoms with Gasteiger partial charge < -0.3 is 9.84 Å². The largest absolute Gasteiger partial charge is 0.462 e. The summed E-state index contributed by atoms with van der Waals surface area (Å²) in [5.41, 5.74) is -0.785. The van der Waals surface area contributed by atoms with E-state index in [1.807, 2.05) is 13.8 Å². The smallest absolute Gasteiger partial charge is 0.309 e. The van der Waals surface area contributed by atoms with Gasteiger partial charge in [-0.15, -0.1) is 0 Å². The molecule has 3 nitrogen and oxygen atoms in total. The molecule has 0 spiro atoms. The molecule has 4 fully saturated rings. The van der Waals surface area contributed by atoms with Crippen LogP contribution in [0, 0.1) is 17.3 Å². The predicted molar refractivity (Wildman–Crippen MR) is 58.7 cm³/mol. The van der Waals surface area contributed by atoms with Gasteiger partial charge in [-0.2, -0.15) is 0 Å². The van der Waals surface area contributed by atoms with Crippen molar-refractivity contribution < 1.29 is 14.6 Å². The fourth-order valence-electron chi connectivity index (χ4n) is 4.19. The van der Waals surface area contributed by atoms with Gasteiger partial charge in [0.2, 0.25) is 0 Å². The second kappa shape index (κ2) is 3.00. The normalized spacial score (nSPS) is 46.7. The van der Waals surface area contributed by atoms with Gasteiger partial charge in [0.05, 0.1) is 11.5 Å². The van der Waals surface area contributed by atoms with Crippen molar-refractivity contribution in [1.29, 1.82) is 0 Å². The van der Waals surface area contributed by atoms with E-state index >= 15 is 0 Å². The third kappa shape index (κ3) is 1.33. The van der Waals surface area contributed by atoms with Gasteiger partial charge in [0.25, 0.3) is 0 Å². The average Bonchev–Trinajstić information content (AvgIpc) is 2.28. The maximum absolute atomic E-state index is 11.8. The molecule has 2 aliphatic carbocycles. The summed E-state index contributed by atoms with van der Waals surface area (Å²) in [7, 11) is 0. The highest BCUT2D eigenvalue weighted by molar-refractivity contribution is 5.73. The van der Waals surface area contributed by atoms with Crippen LogP contribution in [0.3, 0.4) is 0 Å². The van der Waals surface area contributed by atoms with Crippen molar-refractivity contribution >= 4 is 5.97 Å². The number of hydrogen-bond donors (Lipinski definition) is 1. The van der Waals surface area contributed by atoms with E-state index in [4.69, 9.17) is 4.74 Å². The number of rotatable bonds is 1. The quantitative estimate of drug-likeness (QED) is 0.692. The Labute approximate surface area is 96.2 Å². The van der Waals surface area contributed by atoms with E-state index in [2.05, 4.69) is 0 Å². The molecule has 3 heteroatoms. The first-order valence-corrected chi connectivity index (χ1v) is 6.32. The highest BCUT2D eigenvalue weighted by Crippen LogP contribution is 2.58. The van der Waals surface area contributed by atoms with Crippen molar-refractivity contribution in [2.45, 2.75) is 57.7 Å². The predicted octanol–water partition coefficient (Wildman–Crippen LogP) is 1.88. The zero-order valence-corrected chi connectivity index (χ0v) is 10.0. The van der Waals surface area contributed by atoms with Gasteiger partial charge in [0.15, 0.2) is 0 Å². The summed E-state index contributed by atoms with van der Waals surface area (Å²) in [5, 5.41) is 10.4. The molecule has 0 aromatic heterocycles. The molecule has 2 aliphatic heterocycles. The first-order valence-electron chi connectivity index (χ1n) is 6.32. The standard InChI is InChI=1S/C13H20O3/c1-12(2,15)13-5-8-3-9(6-13)11(14)16-10(4-8)7-13/h8-10,15H,3-7H2,1-2H3. The maximum atomic E-state index is 11.8. The van der Waals surface area contributed by atoms with Crippen LogP contribution in [0.25, 0.3) is 0 Å². The lowest BCUT2D eigenvalue weighted by Crippen LogP contribution is -2.52. The van der Waals surface area contributed by atoms with Crippen molar-refractivity contribution in [3.8, 4) is 0 Å². The number of ether oxygens (including phenoxy) is 1. The maximum Gasteiger partial charge on any atom is 0.309 e. The minimum atomic E-state index is -0.698. The van der Waals surface area contributed by atoms with Crippen LogP contribution in [0.1, 0.15) is 46.0 Å². The Bertz CT molecular complexity index is 331. The molecule has 4 rings (SSSR count). The fraction of sp³-hybridized carbons (Fsp3) is 0.923.